The van der Waals surface area contributed by atoms with Gasteiger partial charge in [0.15, 0.2) is 0 Å². The van der Waals surface area contributed by atoms with Gasteiger partial charge in [-0.1, -0.05) is 13.0 Å². The zero-order valence-corrected chi connectivity index (χ0v) is 16.4. The molecule has 2 heterocycles. The molecule has 2 amide bonds. The van der Waals surface area contributed by atoms with Crippen LogP contribution in [0.4, 0.5) is 11.5 Å². The van der Waals surface area contributed by atoms with Gasteiger partial charge in [0.25, 0.3) is 5.91 Å². The molecule has 1 aromatic heterocycles. The first-order chi connectivity index (χ1) is 12.8. The standard InChI is InChI=1S/C21H26N4O2/c1-12-7-6-8-19(23-12)24-20-13(2)14(3)25(15(4)26)18-10-9-16(11-17(18)20)21(27)22-5/h6-11,13-14,20H,1-5H3,(H,22,27)(H,23,24)/t13?,14-,20?/m0/s1. The van der Waals surface area contributed by atoms with Crippen LogP contribution in [0.1, 0.15) is 48.4 Å². The summed E-state index contributed by atoms with van der Waals surface area (Å²) in [5, 5.41) is 6.18. The van der Waals surface area contributed by atoms with Gasteiger partial charge in [0, 0.05) is 42.9 Å². The van der Waals surface area contributed by atoms with Crippen LogP contribution in [-0.2, 0) is 4.79 Å². The molecule has 3 rings (SSSR count). The highest BCUT2D eigenvalue weighted by atomic mass is 16.2. The number of aromatic nitrogens is 1. The summed E-state index contributed by atoms with van der Waals surface area (Å²) in [6, 6.07) is 11.3. The quantitative estimate of drug-likeness (QED) is 0.874. The van der Waals surface area contributed by atoms with Crippen LogP contribution in [0.5, 0.6) is 0 Å². The molecular weight excluding hydrogens is 340 g/mol. The molecule has 2 aromatic rings. The van der Waals surface area contributed by atoms with Gasteiger partial charge < -0.3 is 15.5 Å². The Hall–Kier alpha value is -2.89. The predicted octanol–water partition coefficient (Wildman–Crippen LogP) is 3.29. The summed E-state index contributed by atoms with van der Waals surface area (Å²) in [4.78, 5) is 30.8. The molecule has 1 aliphatic rings. The van der Waals surface area contributed by atoms with Gasteiger partial charge >= 0.3 is 0 Å². The van der Waals surface area contributed by atoms with E-state index in [0.717, 1.165) is 22.8 Å². The second kappa shape index (κ2) is 7.39. The number of benzene rings is 1. The number of hydrogen-bond donors (Lipinski definition) is 2. The minimum absolute atomic E-state index is 0.00424. The lowest BCUT2D eigenvalue weighted by Gasteiger charge is -2.44. The first-order valence-corrected chi connectivity index (χ1v) is 9.19. The average Bonchev–Trinajstić information content (AvgIpc) is 2.64. The number of rotatable bonds is 3. The third-order valence-electron chi connectivity index (χ3n) is 5.34. The molecule has 0 saturated carbocycles. The molecule has 0 fully saturated rings. The number of pyridine rings is 1. The Morgan fingerprint density at radius 2 is 1.89 bits per heavy atom. The molecule has 0 aliphatic carbocycles. The van der Waals surface area contributed by atoms with E-state index in [9.17, 15) is 9.59 Å². The Balaban J connectivity index is 2.11. The number of aryl methyl sites for hydroxylation is 1. The lowest BCUT2D eigenvalue weighted by molar-refractivity contribution is -0.117. The number of fused-ring (bicyclic) bond motifs is 1. The fraction of sp³-hybridized carbons (Fsp3) is 0.381. The molecule has 142 valence electrons. The number of nitrogens with one attached hydrogen (secondary N) is 2. The first-order valence-electron chi connectivity index (χ1n) is 9.19. The third-order valence-corrected chi connectivity index (χ3v) is 5.34. The lowest BCUT2D eigenvalue weighted by Crippen LogP contribution is -2.48. The van der Waals surface area contributed by atoms with Crippen LogP contribution in [0.15, 0.2) is 36.4 Å². The van der Waals surface area contributed by atoms with E-state index >= 15 is 0 Å². The van der Waals surface area contributed by atoms with Crippen molar-refractivity contribution in [3.05, 3.63) is 53.2 Å². The van der Waals surface area contributed by atoms with Crippen molar-refractivity contribution in [3.63, 3.8) is 0 Å². The highest BCUT2D eigenvalue weighted by molar-refractivity contribution is 5.97. The van der Waals surface area contributed by atoms with Crippen LogP contribution in [0.25, 0.3) is 0 Å². The highest BCUT2D eigenvalue weighted by Crippen LogP contribution is 2.42. The van der Waals surface area contributed by atoms with Gasteiger partial charge in [-0.25, -0.2) is 4.98 Å². The summed E-state index contributed by atoms with van der Waals surface area (Å²) >= 11 is 0. The molecule has 1 aliphatic heterocycles. The maximum absolute atomic E-state index is 12.3. The number of anilines is 2. The van der Waals surface area contributed by atoms with Crippen LogP contribution in [0.2, 0.25) is 0 Å². The molecule has 0 saturated heterocycles. The zero-order chi connectivity index (χ0) is 19.7. The van der Waals surface area contributed by atoms with Crippen LogP contribution in [0, 0.1) is 12.8 Å². The maximum Gasteiger partial charge on any atom is 0.251 e. The second-order valence-electron chi connectivity index (χ2n) is 7.13. The van der Waals surface area contributed by atoms with E-state index in [-0.39, 0.29) is 29.8 Å². The molecule has 2 unspecified atom stereocenters. The fourth-order valence-electron chi connectivity index (χ4n) is 3.77. The van der Waals surface area contributed by atoms with E-state index in [1.165, 1.54) is 0 Å². The third kappa shape index (κ3) is 3.52. The van der Waals surface area contributed by atoms with Gasteiger partial charge in [-0.15, -0.1) is 0 Å². The summed E-state index contributed by atoms with van der Waals surface area (Å²) in [5.74, 6) is 0.761. The fourth-order valence-corrected chi connectivity index (χ4v) is 3.77. The Kier molecular flexibility index (Phi) is 5.17. The van der Waals surface area contributed by atoms with Crippen molar-refractivity contribution in [2.75, 3.05) is 17.3 Å². The zero-order valence-electron chi connectivity index (χ0n) is 16.4. The number of nitrogens with zero attached hydrogens (tertiary/aromatic N) is 2. The van der Waals surface area contributed by atoms with Gasteiger partial charge in [0.05, 0.1) is 6.04 Å². The van der Waals surface area contributed by atoms with Crippen molar-refractivity contribution in [1.82, 2.24) is 10.3 Å². The second-order valence-corrected chi connectivity index (χ2v) is 7.13. The molecular formula is C21H26N4O2. The summed E-state index contributed by atoms with van der Waals surface area (Å²) in [6.07, 6.45) is 0. The SMILES string of the molecule is CNC(=O)c1ccc2c(c1)C(Nc1cccc(C)n1)C(C)[C@H](C)N2C(C)=O. The lowest BCUT2D eigenvalue weighted by atomic mass is 9.82. The number of carbonyl (C=O) groups excluding carboxylic acids is 2. The van der Waals surface area contributed by atoms with E-state index in [1.54, 1.807) is 20.0 Å². The highest BCUT2D eigenvalue weighted by Gasteiger charge is 2.38. The topological polar surface area (TPSA) is 74.3 Å². The minimum Gasteiger partial charge on any atom is -0.363 e. The Morgan fingerprint density at radius 3 is 2.52 bits per heavy atom. The summed E-state index contributed by atoms with van der Waals surface area (Å²) in [7, 11) is 1.61. The van der Waals surface area contributed by atoms with E-state index in [1.807, 2.05) is 42.2 Å². The molecule has 27 heavy (non-hydrogen) atoms. The van der Waals surface area contributed by atoms with Gasteiger partial charge in [-0.05, 0) is 49.7 Å². The van der Waals surface area contributed by atoms with E-state index in [2.05, 4.69) is 29.5 Å². The van der Waals surface area contributed by atoms with E-state index < -0.39 is 0 Å². The molecule has 6 heteroatoms. The van der Waals surface area contributed by atoms with Gasteiger partial charge in [-0.2, -0.15) is 0 Å². The monoisotopic (exact) mass is 366 g/mol. The molecule has 6 nitrogen and oxygen atoms in total. The molecule has 2 N–H and O–H groups in total. The van der Waals surface area contributed by atoms with Crippen molar-refractivity contribution < 1.29 is 9.59 Å². The van der Waals surface area contributed by atoms with Crippen molar-refractivity contribution >= 4 is 23.3 Å². The Labute approximate surface area is 160 Å². The first kappa shape index (κ1) is 18.9. The van der Waals surface area contributed by atoms with Crippen molar-refractivity contribution in [1.29, 1.82) is 0 Å². The number of amides is 2. The number of hydrogen-bond acceptors (Lipinski definition) is 4. The molecule has 0 radical (unpaired) electrons. The van der Waals surface area contributed by atoms with Crippen molar-refractivity contribution in [2.45, 2.75) is 39.8 Å². The van der Waals surface area contributed by atoms with Crippen LogP contribution in [0.3, 0.4) is 0 Å². The predicted molar refractivity (Wildman–Crippen MR) is 107 cm³/mol. The molecule has 1 aromatic carbocycles. The minimum atomic E-state index is -0.147. The largest absolute Gasteiger partial charge is 0.363 e. The van der Waals surface area contributed by atoms with Crippen LogP contribution in [-0.4, -0.2) is 29.9 Å². The summed E-state index contributed by atoms with van der Waals surface area (Å²) in [6.45, 7) is 7.70. The smallest absolute Gasteiger partial charge is 0.251 e. The van der Waals surface area contributed by atoms with E-state index in [4.69, 9.17) is 0 Å². The Morgan fingerprint density at radius 1 is 1.15 bits per heavy atom. The Bertz CT molecular complexity index is 880. The average molecular weight is 366 g/mol. The molecule has 0 bridgehead atoms. The van der Waals surface area contributed by atoms with Crippen molar-refractivity contribution in [3.8, 4) is 0 Å². The van der Waals surface area contributed by atoms with Crippen molar-refractivity contribution in [2.24, 2.45) is 5.92 Å². The number of carbonyl (C=O) groups is 2. The van der Waals surface area contributed by atoms with Gasteiger partial charge in [0.2, 0.25) is 5.91 Å². The summed E-state index contributed by atoms with van der Waals surface area (Å²) < 4.78 is 0. The molecule has 3 atom stereocenters. The van der Waals surface area contributed by atoms with E-state index in [0.29, 0.717) is 5.56 Å². The summed E-state index contributed by atoms with van der Waals surface area (Å²) in [5.41, 5.74) is 3.28. The normalized spacial score (nSPS) is 21.4. The van der Waals surface area contributed by atoms with Crippen LogP contribution >= 0.6 is 0 Å². The van der Waals surface area contributed by atoms with Gasteiger partial charge in [0.1, 0.15) is 5.82 Å². The maximum atomic E-state index is 12.3. The van der Waals surface area contributed by atoms with Crippen LogP contribution < -0.4 is 15.5 Å². The molecule has 0 spiro atoms. The van der Waals surface area contributed by atoms with Gasteiger partial charge in [-0.3, -0.25) is 9.59 Å².